The van der Waals surface area contributed by atoms with E-state index >= 15 is 0 Å². The van der Waals surface area contributed by atoms with Gasteiger partial charge in [-0.05, 0) is 6.07 Å². The third kappa shape index (κ3) is 1.71. The minimum Gasteiger partial charge on any atom is -0.393 e. The molecule has 0 spiro atoms. The van der Waals surface area contributed by atoms with E-state index in [4.69, 9.17) is 16.7 Å². The van der Waals surface area contributed by atoms with Crippen molar-refractivity contribution in [2.45, 2.75) is 6.10 Å². The fourth-order valence-corrected chi connectivity index (χ4v) is 1.98. The highest BCUT2D eigenvalue weighted by Crippen LogP contribution is 2.26. The van der Waals surface area contributed by atoms with Gasteiger partial charge in [-0.2, -0.15) is 0 Å². The van der Waals surface area contributed by atoms with Crippen molar-refractivity contribution >= 4 is 22.5 Å². The molecule has 84 valence electrons. The Bertz CT molecular complexity index is 579. The third-order valence-electron chi connectivity index (χ3n) is 2.40. The Balaban J connectivity index is 2.81. The molecular weight excluding hydrogens is 230 g/mol. The minimum absolute atomic E-state index is 0.00265. The van der Waals surface area contributed by atoms with E-state index < -0.39 is 18.3 Å². The van der Waals surface area contributed by atoms with Gasteiger partial charge in [0.05, 0.1) is 17.2 Å². The van der Waals surface area contributed by atoms with Crippen molar-refractivity contribution in [1.29, 1.82) is 0 Å². The Morgan fingerprint density at radius 1 is 1.38 bits per heavy atom. The van der Waals surface area contributed by atoms with Crippen LogP contribution in [0.15, 0.2) is 29.1 Å². The number of aliphatic hydroxyl groups excluding tert-OH is 2. The van der Waals surface area contributed by atoms with Gasteiger partial charge in [-0.3, -0.25) is 4.79 Å². The van der Waals surface area contributed by atoms with Crippen LogP contribution in [-0.2, 0) is 0 Å². The topological polar surface area (TPSA) is 73.3 Å². The summed E-state index contributed by atoms with van der Waals surface area (Å²) in [5, 5.41) is 19.2. The number of hydrogen-bond donors (Lipinski definition) is 3. The van der Waals surface area contributed by atoms with Gasteiger partial charge in [-0.15, -0.1) is 0 Å². The third-order valence-corrected chi connectivity index (χ3v) is 2.81. The number of aliphatic hydroxyl groups is 2. The SMILES string of the molecule is O=c1[nH]c2ccccc2c(Cl)c1[C@H](O)CO. The molecule has 0 aliphatic rings. The average Bonchev–Trinajstić information content (AvgIpc) is 2.28. The standard InChI is InChI=1S/C11H10ClNO3/c12-10-6-3-1-2-4-7(6)13-11(16)9(10)8(15)5-14/h1-4,8,14-15H,5H2,(H,13,16)/t8-/m1/s1. The van der Waals surface area contributed by atoms with Crippen LogP contribution in [0.25, 0.3) is 10.9 Å². The summed E-state index contributed by atoms with van der Waals surface area (Å²) >= 11 is 6.03. The monoisotopic (exact) mass is 239 g/mol. The lowest BCUT2D eigenvalue weighted by Gasteiger charge is -2.10. The van der Waals surface area contributed by atoms with Crippen molar-refractivity contribution in [2.24, 2.45) is 0 Å². The van der Waals surface area contributed by atoms with Crippen molar-refractivity contribution in [3.8, 4) is 0 Å². The number of para-hydroxylation sites is 1. The van der Waals surface area contributed by atoms with Crippen LogP contribution in [0.2, 0.25) is 5.02 Å². The van der Waals surface area contributed by atoms with E-state index in [1.54, 1.807) is 24.3 Å². The summed E-state index contributed by atoms with van der Waals surface area (Å²) in [6.07, 6.45) is -1.26. The molecule has 2 rings (SSSR count). The molecule has 0 amide bonds. The molecule has 0 saturated carbocycles. The lowest BCUT2D eigenvalue weighted by Crippen LogP contribution is -2.19. The number of pyridine rings is 1. The molecular formula is C11H10ClNO3. The highest BCUT2D eigenvalue weighted by atomic mass is 35.5. The second kappa shape index (κ2) is 4.25. The van der Waals surface area contributed by atoms with Gasteiger partial charge in [-0.25, -0.2) is 0 Å². The Labute approximate surface area is 96.1 Å². The molecule has 1 aromatic heterocycles. The largest absolute Gasteiger partial charge is 0.393 e. The van der Waals surface area contributed by atoms with Crippen LogP contribution in [0.3, 0.4) is 0 Å². The van der Waals surface area contributed by atoms with Crippen LogP contribution in [0, 0.1) is 0 Å². The van der Waals surface area contributed by atoms with Crippen LogP contribution in [-0.4, -0.2) is 21.8 Å². The molecule has 1 atom stereocenters. The molecule has 0 saturated heterocycles. The van der Waals surface area contributed by atoms with Gasteiger partial charge < -0.3 is 15.2 Å². The molecule has 0 aliphatic heterocycles. The fourth-order valence-electron chi connectivity index (χ4n) is 1.61. The number of halogens is 1. The average molecular weight is 240 g/mol. The second-order valence-corrected chi connectivity index (χ2v) is 3.80. The van der Waals surface area contributed by atoms with Crippen LogP contribution in [0.4, 0.5) is 0 Å². The second-order valence-electron chi connectivity index (χ2n) is 3.43. The molecule has 0 aliphatic carbocycles. The molecule has 0 unspecified atom stereocenters. The van der Waals surface area contributed by atoms with Crippen molar-refractivity contribution in [3.05, 3.63) is 45.2 Å². The zero-order valence-electron chi connectivity index (χ0n) is 8.27. The maximum atomic E-state index is 11.6. The van der Waals surface area contributed by atoms with Crippen LogP contribution in [0.5, 0.6) is 0 Å². The number of nitrogens with one attached hydrogen (secondary N) is 1. The van der Waals surface area contributed by atoms with Gasteiger partial charge in [0.1, 0.15) is 6.10 Å². The van der Waals surface area contributed by atoms with Crippen LogP contribution >= 0.6 is 11.6 Å². The molecule has 0 bridgehead atoms. The first-order valence-electron chi connectivity index (χ1n) is 4.74. The molecule has 0 fully saturated rings. The van der Waals surface area contributed by atoms with E-state index in [-0.39, 0.29) is 10.6 Å². The van der Waals surface area contributed by atoms with E-state index in [0.717, 1.165) is 0 Å². The summed E-state index contributed by atoms with van der Waals surface area (Å²) in [5.74, 6) is 0. The summed E-state index contributed by atoms with van der Waals surface area (Å²) in [5.41, 5.74) is 0.125. The number of aromatic amines is 1. The van der Waals surface area contributed by atoms with Crippen molar-refractivity contribution in [3.63, 3.8) is 0 Å². The Morgan fingerprint density at radius 3 is 2.75 bits per heavy atom. The van der Waals surface area contributed by atoms with Gasteiger partial charge >= 0.3 is 0 Å². The number of aromatic nitrogens is 1. The summed E-state index contributed by atoms with van der Waals surface area (Å²) in [4.78, 5) is 14.2. The van der Waals surface area contributed by atoms with Crippen molar-refractivity contribution < 1.29 is 10.2 Å². The highest BCUT2D eigenvalue weighted by Gasteiger charge is 2.17. The minimum atomic E-state index is -1.26. The number of rotatable bonds is 2. The molecule has 0 radical (unpaired) electrons. The summed E-state index contributed by atoms with van der Waals surface area (Å²) in [6.45, 7) is -0.541. The van der Waals surface area contributed by atoms with Crippen molar-refractivity contribution in [2.75, 3.05) is 6.61 Å². The Morgan fingerprint density at radius 2 is 2.06 bits per heavy atom. The zero-order valence-corrected chi connectivity index (χ0v) is 9.03. The number of H-pyrrole nitrogens is 1. The van der Waals surface area contributed by atoms with E-state index in [1.165, 1.54) is 0 Å². The lowest BCUT2D eigenvalue weighted by atomic mass is 10.1. The van der Waals surface area contributed by atoms with Crippen LogP contribution in [0.1, 0.15) is 11.7 Å². The van der Waals surface area contributed by atoms with Gasteiger partial charge in [0.2, 0.25) is 0 Å². The van der Waals surface area contributed by atoms with Gasteiger partial charge in [-0.1, -0.05) is 29.8 Å². The quantitative estimate of drug-likeness (QED) is 0.738. The van der Waals surface area contributed by atoms with E-state index in [1.807, 2.05) is 0 Å². The Hall–Kier alpha value is -1.36. The molecule has 3 N–H and O–H groups in total. The van der Waals surface area contributed by atoms with Gasteiger partial charge in [0.15, 0.2) is 0 Å². The van der Waals surface area contributed by atoms with E-state index in [0.29, 0.717) is 10.9 Å². The number of fused-ring (bicyclic) bond motifs is 1. The van der Waals surface area contributed by atoms with Crippen molar-refractivity contribution in [1.82, 2.24) is 4.98 Å². The summed E-state index contributed by atoms with van der Waals surface area (Å²) < 4.78 is 0. The highest BCUT2D eigenvalue weighted by molar-refractivity contribution is 6.36. The molecule has 5 heteroatoms. The molecule has 4 nitrogen and oxygen atoms in total. The molecule has 2 aromatic rings. The molecule has 1 aromatic carbocycles. The predicted octanol–water partition coefficient (Wildman–Crippen LogP) is 1.21. The van der Waals surface area contributed by atoms with Gasteiger partial charge in [0, 0.05) is 10.9 Å². The first-order valence-corrected chi connectivity index (χ1v) is 5.12. The smallest absolute Gasteiger partial charge is 0.255 e. The molecule has 16 heavy (non-hydrogen) atoms. The normalized spacial score (nSPS) is 12.9. The number of hydrogen-bond acceptors (Lipinski definition) is 3. The summed E-state index contributed by atoms with van der Waals surface area (Å²) in [7, 11) is 0. The Kier molecular flexibility index (Phi) is 2.96. The first-order chi connectivity index (χ1) is 7.65. The summed E-state index contributed by atoms with van der Waals surface area (Å²) in [6, 6.07) is 7.01. The molecule has 1 heterocycles. The first kappa shape index (κ1) is 11.1. The lowest BCUT2D eigenvalue weighted by molar-refractivity contribution is 0.0947. The zero-order chi connectivity index (χ0) is 11.7. The fraction of sp³-hybridized carbons (Fsp3) is 0.182. The predicted molar refractivity (Wildman–Crippen MR) is 61.6 cm³/mol. The maximum Gasteiger partial charge on any atom is 0.255 e. The maximum absolute atomic E-state index is 11.6. The van der Waals surface area contributed by atoms with E-state index in [9.17, 15) is 9.90 Å². The van der Waals surface area contributed by atoms with Crippen LogP contribution < -0.4 is 5.56 Å². The van der Waals surface area contributed by atoms with Gasteiger partial charge in [0.25, 0.3) is 5.56 Å². The number of benzene rings is 1. The van der Waals surface area contributed by atoms with E-state index in [2.05, 4.69) is 4.98 Å².